The molecule has 6 heteroatoms. The van der Waals surface area contributed by atoms with E-state index in [1.807, 2.05) is 71.8 Å². The number of pyridine rings is 2. The summed E-state index contributed by atoms with van der Waals surface area (Å²) in [6, 6.07) is 32.7. The minimum Gasteiger partial charge on any atom is -0.289 e. The molecule has 0 N–H and O–H groups in total. The molecule has 34 heavy (non-hydrogen) atoms. The van der Waals surface area contributed by atoms with Crippen LogP contribution in [-0.4, -0.2) is 36.4 Å². The van der Waals surface area contributed by atoms with Gasteiger partial charge in [-0.05, 0) is 29.8 Å². The van der Waals surface area contributed by atoms with Gasteiger partial charge in [-0.25, -0.2) is 4.68 Å². The molecule has 0 fully saturated rings. The third-order valence-corrected chi connectivity index (χ3v) is 5.74. The topological polar surface area (TPSA) is 59.7 Å². The second-order valence-corrected chi connectivity index (χ2v) is 8.19. The lowest BCUT2D eigenvalue weighted by molar-refractivity contribution is 0.217. The number of benzene rings is 2. The van der Waals surface area contributed by atoms with Crippen molar-refractivity contribution in [2.24, 2.45) is 0 Å². The highest BCUT2D eigenvalue weighted by atomic mass is 15.4. The van der Waals surface area contributed by atoms with Crippen molar-refractivity contribution in [3.05, 3.63) is 133 Å². The highest BCUT2D eigenvalue weighted by Crippen LogP contribution is 2.23. The summed E-state index contributed by atoms with van der Waals surface area (Å²) in [5, 5.41) is 9.02. The smallest absolute Gasteiger partial charge is 0.113 e. The van der Waals surface area contributed by atoms with Crippen molar-refractivity contribution in [3.8, 4) is 11.3 Å². The van der Waals surface area contributed by atoms with Crippen molar-refractivity contribution in [1.82, 2.24) is 29.9 Å². The van der Waals surface area contributed by atoms with Crippen LogP contribution in [-0.2, 0) is 13.1 Å². The zero-order valence-corrected chi connectivity index (χ0v) is 18.9. The summed E-state index contributed by atoms with van der Waals surface area (Å²) in [4.78, 5) is 11.5. The van der Waals surface area contributed by atoms with Gasteiger partial charge in [0.1, 0.15) is 5.69 Å². The lowest BCUT2D eigenvalue weighted by atomic mass is 10.1. The largest absolute Gasteiger partial charge is 0.289 e. The van der Waals surface area contributed by atoms with Gasteiger partial charge in [0.2, 0.25) is 0 Å². The molecule has 3 aromatic heterocycles. The summed E-state index contributed by atoms with van der Waals surface area (Å²) < 4.78 is 1.97. The molecule has 0 saturated carbocycles. The number of aromatic nitrogens is 5. The molecule has 6 nitrogen and oxygen atoms in total. The predicted octanol–water partition coefficient (Wildman–Crippen LogP) is 5.03. The van der Waals surface area contributed by atoms with Crippen LogP contribution in [0.15, 0.2) is 116 Å². The molecule has 168 valence electrons. The highest BCUT2D eigenvalue weighted by Gasteiger charge is 2.21. The van der Waals surface area contributed by atoms with E-state index >= 15 is 0 Å². The summed E-state index contributed by atoms with van der Waals surface area (Å²) in [5.41, 5.74) is 5.14. The van der Waals surface area contributed by atoms with Crippen LogP contribution < -0.4 is 0 Å². The SMILES string of the molecule is c1ccc(-c2cn(C(CN(Cc3ccccn3)Cc3ccccn3)c3ccccc3)nn2)cc1. The van der Waals surface area contributed by atoms with Gasteiger partial charge >= 0.3 is 0 Å². The first-order valence-electron chi connectivity index (χ1n) is 11.4. The molecule has 0 aliphatic rings. The van der Waals surface area contributed by atoms with E-state index in [0.717, 1.165) is 29.2 Å². The summed E-state index contributed by atoms with van der Waals surface area (Å²) in [6.45, 7) is 2.15. The summed E-state index contributed by atoms with van der Waals surface area (Å²) in [5.74, 6) is 0. The van der Waals surface area contributed by atoms with Crippen molar-refractivity contribution >= 4 is 0 Å². The molecule has 0 aliphatic heterocycles. The van der Waals surface area contributed by atoms with E-state index in [2.05, 4.69) is 73.7 Å². The second-order valence-electron chi connectivity index (χ2n) is 8.19. The molecule has 0 amide bonds. The maximum Gasteiger partial charge on any atom is 0.113 e. The van der Waals surface area contributed by atoms with E-state index in [0.29, 0.717) is 13.1 Å². The van der Waals surface area contributed by atoms with Gasteiger partial charge in [0.25, 0.3) is 0 Å². The first-order valence-corrected chi connectivity index (χ1v) is 11.4. The summed E-state index contributed by atoms with van der Waals surface area (Å²) in [6.07, 6.45) is 5.71. The third-order valence-electron chi connectivity index (χ3n) is 5.74. The van der Waals surface area contributed by atoms with Crippen LogP contribution in [0.1, 0.15) is 23.0 Å². The van der Waals surface area contributed by atoms with Gasteiger partial charge in [-0.1, -0.05) is 78.0 Å². The lowest BCUT2D eigenvalue weighted by Crippen LogP contribution is -2.32. The second kappa shape index (κ2) is 10.6. The van der Waals surface area contributed by atoms with Gasteiger partial charge in [-0.3, -0.25) is 14.9 Å². The minimum absolute atomic E-state index is 0.0152. The Kier molecular flexibility index (Phi) is 6.78. The van der Waals surface area contributed by atoms with Crippen LogP contribution in [0.5, 0.6) is 0 Å². The predicted molar refractivity (Wildman–Crippen MR) is 133 cm³/mol. The molecule has 5 aromatic rings. The van der Waals surface area contributed by atoms with Gasteiger partial charge in [-0.2, -0.15) is 0 Å². The minimum atomic E-state index is -0.0152. The van der Waals surface area contributed by atoms with Crippen LogP contribution in [0.3, 0.4) is 0 Å². The maximum atomic E-state index is 4.56. The fraction of sp³-hybridized carbons (Fsp3) is 0.143. The Labute approximate surface area is 199 Å². The number of hydrogen-bond acceptors (Lipinski definition) is 5. The Balaban J connectivity index is 1.47. The summed E-state index contributed by atoms with van der Waals surface area (Å²) >= 11 is 0. The Morgan fingerprint density at radius 1 is 0.676 bits per heavy atom. The van der Waals surface area contributed by atoms with Crippen molar-refractivity contribution < 1.29 is 0 Å². The number of hydrogen-bond donors (Lipinski definition) is 0. The van der Waals surface area contributed by atoms with E-state index in [1.165, 1.54) is 5.56 Å². The van der Waals surface area contributed by atoms with Crippen LogP contribution >= 0.6 is 0 Å². The molecule has 2 aromatic carbocycles. The normalized spacial score (nSPS) is 12.0. The van der Waals surface area contributed by atoms with Gasteiger partial charge in [0, 0.05) is 37.6 Å². The Bertz CT molecular complexity index is 1230. The molecule has 1 atom stereocenters. The summed E-state index contributed by atoms with van der Waals surface area (Å²) in [7, 11) is 0. The Hall–Kier alpha value is -4.16. The molecule has 0 radical (unpaired) electrons. The van der Waals surface area contributed by atoms with Crippen molar-refractivity contribution in [2.75, 3.05) is 6.54 Å². The van der Waals surface area contributed by atoms with Crippen LogP contribution in [0.4, 0.5) is 0 Å². The maximum absolute atomic E-state index is 4.56. The van der Waals surface area contributed by atoms with Gasteiger partial charge in [-0.15, -0.1) is 5.10 Å². The van der Waals surface area contributed by atoms with Crippen molar-refractivity contribution in [2.45, 2.75) is 19.1 Å². The Morgan fingerprint density at radius 3 is 1.85 bits per heavy atom. The molecular formula is C28H26N6. The van der Waals surface area contributed by atoms with Crippen molar-refractivity contribution in [3.63, 3.8) is 0 Å². The molecule has 0 spiro atoms. The van der Waals surface area contributed by atoms with Gasteiger partial charge < -0.3 is 0 Å². The highest BCUT2D eigenvalue weighted by molar-refractivity contribution is 5.57. The van der Waals surface area contributed by atoms with Gasteiger partial charge in [0.15, 0.2) is 0 Å². The van der Waals surface area contributed by atoms with E-state index in [1.54, 1.807) is 0 Å². The zero-order chi connectivity index (χ0) is 23.0. The monoisotopic (exact) mass is 446 g/mol. The molecule has 5 rings (SSSR count). The molecule has 1 unspecified atom stereocenters. The molecule has 0 saturated heterocycles. The lowest BCUT2D eigenvalue weighted by Gasteiger charge is -2.27. The first-order chi connectivity index (χ1) is 16.8. The van der Waals surface area contributed by atoms with Crippen LogP contribution in [0.2, 0.25) is 0 Å². The fourth-order valence-electron chi connectivity index (χ4n) is 4.06. The number of nitrogens with zero attached hydrogens (tertiary/aromatic N) is 6. The third kappa shape index (κ3) is 5.42. The average molecular weight is 447 g/mol. The molecule has 0 bridgehead atoms. The Morgan fingerprint density at radius 2 is 1.26 bits per heavy atom. The van der Waals surface area contributed by atoms with Crippen LogP contribution in [0.25, 0.3) is 11.3 Å². The van der Waals surface area contributed by atoms with Crippen molar-refractivity contribution in [1.29, 1.82) is 0 Å². The fourth-order valence-corrected chi connectivity index (χ4v) is 4.06. The average Bonchev–Trinajstić information content (AvgIpc) is 3.39. The number of rotatable bonds is 9. The molecular weight excluding hydrogens is 420 g/mol. The first kappa shape index (κ1) is 21.7. The van der Waals surface area contributed by atoms with E-state index in [-0.39, 0.29) is 6.04 Å². The van der Waals surface area contributed by atoms with E-state index in [9.17, 15) is 0 Å². The quantitative estimate of drug-likeness (QED) is 0.318. The standard InChI is InChI=1S/C28H26N6/c1-3-11-23(12-4-1)27-21-34(32-31-27)28(24-13-5-2-6-14-24)22-33(19-25-15-7-9-17-29-25)20-26-16-8-10-18-30-26/h1-18,21,28H,19-20,22H2. The molecule has 0 aliphatic carbocycles. The van der Waals surface area contributed by atoms with Gasteiger partial charge in [0.05, 0.1) is 23.6 Å². The van der Waals surface area contributed by atoms with E-state index in [4.69, 9.17) is 0 Å². The van der Waals surface area contributed by atoms with E-state index < -0.39 is 0 Å². The van der Waals surface area contributed by atoms with Crippen LogP contribution in [0, 0.1) is 0 Å². The zero-order valence-electron chi connectivity index (χ0n) is 18.9. The molecule has 3 heterocycles.